The number of aromatic nitrogens is 2. The van der Waals surface area contributed by atoms with Crippen molar-refractivity contribution in [2.24, 2.45) is 5.92 Å². The van der Waals surface area contributed by atoms with Crippen molar-refractivity contribution >= 4 is 0 Å². The lowest BCUT2D eigenvalue weighted by atomic mass is 9.90. The fourth-order valence-electron chi connectivity index (χ4n) is 3.26. The van der Waals surface area contributed by atoms with Crippen LogP contribution in [0.25, 0.3) is 0 Å². The first-order chi connectivity index (χ1) is 9.71. The third kappa shape index (κ3) is 2.74. The van der Waals surface area contributed by atoms with Gasteiger partial charge in [0.1, 0.15) is 5.60 Å². The molecule has 2 aliphatic rings. The fraction of sp³-hybridized carbons (Fsp3) is 0.867. The molecule has 1 aromatic rings. The van der Waals surface area contributed by atoms with E-state index >= 15 is 0 Å². The first-order valence-electron chi connectivity index (χ1n) is 7.92. The maximum Gasteiger partial charge on any atom is 0.243 e. The van der Waals surface area contributed by atoms with Crippen molar-refractivity contribution in [1.82, 2.24) is 15.5 Å². The minimum absolute atomic E-state index is 0.210. The van der Waals surface area contributed by atoms with Gasteiger partial charge in [-0.25, -0.2) is 0 Å². The van der Waals surface area contributed by atoms with E-state index in [0.717, 1.165) is 44.2 Å². The van der Waals surface area contributed by atoms with Crippen LogP contribution in [-0.2, 0) is 10.3 Å². The highest BCUT2D eigenvalue weighted by Crippen LogP contribution is 2.34. The predicted octanol–water partition coefficient (Wildman–Crippen LogP) is 2.94. The molecular formula is C15H25N3O2. The van der Waals surface area contributed by atoms with Gasteiger partial charge in [-0.05, 0) is 51.5 Å². The zero-order chi connectivity index (χ0) is 14.0. The van der Waals surface area contributed by atoms with Crippen LogP contribution in [0.1, 0.15) is 70.1 Å². The minimum Gasteiger partial charge on any atom is -0.367 e. The number of piperidine rings is 1. The zero-order valence-corrected chi connectivity index (χ0v) is 12.5. The van der Waals surface area contributed by atoms with Gasteiger partial charge in [-0.15, -0.1) is 0 Å². The molecule has 0 saturated carbocycles. The molecule has 2 aliphatic heterocycles. The van der Waals surface area contributed by atoms with E-state index in [9.17, 15) is 0 Å². The highest BCUT2D eigenvalue weighted by molar-refractivity contribution is 5.03. The van der Waals surface area contributed by atoms with E-state index in [1.807, 2.05) is 0 Å². The molecule has 5 heteroatoms. The molecular weight excluding hydrogens is 254 g/mol. The molecule has 2 saturated heterocycles. The number of hydrogen-bond donors (Lipinski definition) is 1. The molecule has 0 spiro atoms. The molecule has 2 fully saturated rings. The molecule has 0 aromatic carbocycles. The number of nitrogens with one attached hydrogen (secondary N) is 1. The van der Waals surface area contributed by atoms with E-state index in [2.05, 4.69) is 29.3 Å². The Balaban J connectivity index is 1.73. The van der Waals surface area contributed by atoms with Crippen LogP contribution < -0.4 is 5.32 Å². The standard InChI is InChI=1S/C15H25N3O2/c1-3-11-6-8-16-12(10-11)13-17-14(18-20-13)15(2)7-4-5-9-19-15/h11-12,16H,3-10H2,1-2H3. The van der Waals surface area contributed by atoms with Gasteiger partial charge >= 0.3 is 0 Å². The minimum atomic E-state index is -0.362. The van der Waals surface area contributed by atoms with Gasteiger partial charge in [0.05, 0.1) is 6.04 Å². The summed E-state index contributed by atoms with van der Waals surface area (Å²) in [6.45, 7) is 6.15. The van der Waals surface area contributed by atoms with Crippen LogP contribution in [0, 0.1) is 5.92 Å². The van der Waals surface area contributed by atoms with Crippen LogP contribution in [0.4, 0.5) is 0 Å². The quantitative estimate of drug-likeness (QED) is 0.921. The van der Waals surface area contributed by atoms with E-state index in [0.29, 0.717) is 5.82 Å². The summed E-state index contributed by atoms with van der Waals surface area (Å²) in [4.78, 5) is 4.63. The Morgan fingerprint density at radius 3 is 3.05 bits per heavy atom. The highest BCUT2D eigenvalue weighted by Gasteiger charge is 2.36. The second-order valence-corrected chi connectivity index (χ2v) is 6.30. The SMILES string of the molecule is CCC1CCNC(c2nc(C3(C)CCCCO3)no2)C1. The smallest absolute Gasteiger partial charge is 0.243 e. The molecule has 1 N–H and O–H groups in total. The molecule has 3 unspecified atom stereocenters. The largest absolute Gasteiger partial charge is 0.367 e. The van der Waals surface area contributed by atoms with E-state index in [4.69, 9.17) is 9.26 Å². The predicted molar refractivity (Wildman–Crippen MR) is 75.2 cm³/mol. The second kappa shape index (κ2) is 5.82. The number of nitrogens with zero attached hydrogens (tertiary/aromatic N) is 2. The molecule has 112 valence electrons. The number of hydrogen-bond acceptors (Lipinski definition) is 5. The molecule has 5 nitrogen and oxygen atoms in total. The maximum absolute atomic E-state index is 5.89. The van der Waals surface area contributed by atoms with Crippen LogP contribution in [0.5, 0.6) is 0 Å². The monoisotopic (exact) mass is 279 g/mol. The molecule has 3 heterocycles. The van der Waals surface area contributed by atoms with Gasteiger partial charge in [0.25, 0.3) is 0 Å². The summed E-state index contributed by atoms with van der Waals surface area (Å²) in [5, 5.41) is 7.68. The normalized spacial score (nSPS) is 35.1. The molecule has 0 bridgehead atoms. The lowest BCUT2D eigenvalue weighted by molar-refractivity contribution is -0.0770. The third-order valence-electron chi connectivity index (χ3n) is 4.77. The lowest BCUT2D eigenvalue weighted by Crippen LogP contribution is -2.33. The molecule has 0 amide bonds. The summed E-state index contributed by atoms with van der Waals surface area (Å²) in [7, 11) is 0. The van der Waals surface area contributed by atoms with Gasteiger partial charge < -0.3 is 14.6 Å². The topological polar surface area (TPSA) is 60.2 Å². The average Bonchev–Trinajstić information content (AvgIpc) is 2.99. The van der Waals surface area contributed by atoms with E-state index < -0.39 is 0 Å². The molecule has 0 aliphatic carbocycles. The van der Waals surface area contributed by atoms with Crippen molar-refractivity contribution in [2.75, 3.05) is 13.2 Å². The zero-order valence-electron chi connectivity index (χ0n) is 12.5. The summed E-state index contributed by atoms with van der Waals surface area (Å²) in [6, 6.07) is 0.210. The Bertz CT molecular complexity index is 440. The van der Waals surface area contributed by atoms with E-state index in [1.54, 1.807) is 0 Å². The summed E-state index contributed by atoms with van der Waals surface area (Å²) >= 11 is 0. The van der Waals surface area contributed by atoms with Gasteiger partial charge in [-0.2, -0.15) is 4.98 Å². The first kappa shape index (κ1) is 14.0. The Hall–Kier alpha value is -0.940. The second-order valence-electron chi connectivity index (χ2n) is 6.30. The summed E-state index contributed by atoms with van der Waals surface area (Å²) in [5.74, 6) is 2.21. The van der Waals surface area contributed by atoms with Gasteiger partial charge in [-0.3, -0.25) is 0 Å². The van der Waals surface area contributed by atoms with Crippen LogP contribution in [0.2, 0.25) is 0 Å². The third-order valence-corrected chi connectivity index (χ3v) is 4.77. The Kier molecular flexibility index (Phi) is 4.08. The average molecular weight is 279 g/mol. The van der Waals surface area contributed by atoms with E-state index in [-0.39, 0.29) is 11.6 Å². The molecule has 1 aromatic heterocycles. The fourth-order valence-corrected chi connectivity index (χ4v) is 3.26. The van der Waals surface area contributed by atoms with Crippen molar-refractivity contribution < 1.29 is 9.26 Å². The Morgan fingerprint density at radius 1 is 1.40 bits per heavy atom. The number of ether oxygens (including phenoxy) is 1. The van der Waals surface area contributed by atoms with Crippen LogP contribution in [0.3, 0.4) is 0 Å². The maximum atomic E-state index is 5.89. The molecule has 3 atom stereocenters. The van der Waals surface area contributed by atoms with Gasteiger partial charge in [0.2, 0.25) is 11.7 Å². The highest BCUT2D eigenvalue weighted by atomic mass is 16.5. The van der Waals surface area contributed by atoms with Crippen molar-refractivity contribution in [3.63, 3.8) is 0 Å². The molecule has 0 radical (unpaired) electrons. The summed E-state index contributed by atoms with van der Waals surface area (Å²) < 4.78 is 11.4. The van der Waals surface area contributed by atoms with Crippen LogP contribution in [-0.4, -0.2) is 23.3 Å². The number of rotatable bonds is 3. The lowest BCUT2D eigenvalue weighted by Gasteiger charge is -2.30. The van der Waals surface area contributed by atoms with Crippen molar-refractivity contribution in [1.29, 1.82) is 0 Å². The van der Waals surface area contributed by atoms with E-state index in [1.165, 1.54) is 19.3 Å². The van der Waals surface area contributed by atoms with Crippen molar-refractivity contribution in [2.45, 2.75) is 64.0 Å². The van der Waals surface area contributed by atoms with Crippen molar-refractivity contribution in [3.05, 3.63) is 11.7 Å². The first-order valence-corrected chi connectivity index (χ1v) is 7.92. The Labute approximate surface area is 120 Å². The van der Waals surface area contributed by atoms with Crippen molar-refractivity contribution in [3.8, 4) is 0 Å². The molecule has 3 rings (SSSR count). The van der Waals surface area contributed by atoms with Gasteiger partial charge in [-0.1, -0.05) is 18.5 Å². The summed E-state index contributed by atoms with van der Waals surface area (Å²) in [5.41, 5.74) is -0.362. The van der Waals surface area contributed by atoms with Gasteiger partial charge in [0, 0.05) is 6.61 Å². The molecule has 20 heavy (non-hydrogen) atoms. The Morgan fingerprint density at radius 2 is 2.30 bits per heavy atom. The van der Waals surface area contributed by atoms with Gasteiger partial charge in [0.15, 0.2) is 0 Å². The summed E-state index contributed by atoms with van der Waals surface area (Å²) in [6.07, 6.45) is 6.83. The van der Waals surface area contributed by atoms with Crippen LogP contribution in [0.15, 0.2) is 4.52 Å². The van der Waals surface area contributed by atoms with Crippen LogP contribution >= 0.6 is 0 Å².